The zero-order valence-electron chi connectivity index (χ0n) is 7.90. The molecule has 0 heterocycles. The molecule has 1 aromatic carbocycles. The van der Waals surface area contributed by atoms with E-state index in [1.54, 1.807) is 12.1 Å². The monoisotopic (exact) mass is 250 g/mol. The van der Waals surface area contributed by atoms with Crippen LogP contribution in [0.4, 0.5) is 0 Å². The highest BCUT2D eigenvalue weighted by Gasteiger charge is 2.18. The van der Waals surface area contributed by atoms with Gasteiger partial charge in [0.15, 0.2) is 0 Å². The van der Waals surface area contributed by atoms with E-state index < -0.39 is 12.2 Å². The van der Waals surface area contributed by atoms with Crippen LogP contribution in [0, 0.1) is 0 Å². The summed E-state index contributed by atoms with van der Waals surface area (Å²) in [5.74, 6) is 0. The highest BCUT2D eigenvalue weighted by molar-refractivity contribution is 6.42. The topological polar surface area (TPSA) is 60.7 Å². The first-order valence-corrected chi connectivity index (χ1v) is 5.23. The van der Waals surface area contributed by atoms with Gasteiger partial charge < -0.3 is 15.3 Å². The molecule has 5 heteroatoms. The Hall–Kier alpha value is -0.320. The molecule has 0 aliphatic carbocycles. The Morgan fingerprint density at radius 1 is 1.13 bits per heavy atom. The molecule has 3 nitrogen and oxygen atoms in total. The van der Waals surface area contributed by atoms with E-state index in [4.69, 9.17) is 28.3 Å². The lowest BCUT2D eigenvalue weighted by molar-refractivity contribution is 0.00422. The van der Waals surface area contributed by atoms with Crippen LogP contribution in [0.5, 0.6) is 0 Å². The maximum Gasteiger partial charge on any atom is 0.105 e. The Balaban J connectivity index is 2.81. The fraction of sp³-hybridized carbons (Fsp3) is 0.400. The van der Waals surface area contributed by atoms with Gasteiger partial charge in [-0.15, -0.1) is 0 Å². The van der Waals surface area contributed by atoms with Crippen LogP contribution in [-0.4, -0.2) is 28.0 Å². The number of rotatable bonds is 4. The average molecular weight is 251 g/mol. The van der Waals surface area contributed by atoms with Crippen LogP contribution >= 0.6 is 23.2 Å². The lowest BCUT2D eigenvalue weighted by atomic mass is 10.0. The minimum absolute atomic E-state index is 0.113. The van der Waals surface area contributed by atoms with Gasteiger partial charge in [0.1, 0.15) is 6.10 Å². The summed E-state index contributed by atoms with van der Waals surface area (Å²) in [6.45, 7) is -0.181. The van der Waals surface area contributed by atoms with Crippen molar-refractivity contribution in [2.45, 2.75) is 18.6 Å². The molecule has 0 spiro atoms. The highest BCUT2D eigenvalue weighted by atomic mass is 35.5. The number of hydrogen-bond donors (Lipinski definition) is 3. The third kappa shape index (κ3) is 3.33. The Morgan fingerprint density at radius 2 is 1.80 bits per heavy atom. The first kappa shape index (κ1) is 12.7. The van der Waals surface area contributed by atoms with E-state index in [0.717, 1.165) is 0 Å². The van der Waals surface area contributed by atoms with Crippen LogP contribution in [0.1, 0.15) is 18.1 Å². The molecule has 1 rings (SSSR count). The molecule has 0 amide bonds. The Bertz CT molecular complexity index is 330. The normalized spacial score (nSPS) is 15.0. The Labute approximate surface area is 97.9 Å². The van der Waals surface area contributed by atoms with Gasteiger partial charge >= 0.3 is 0 Å². The maximum atomic E-state index is 9.67. The molecule has 0 aliphatic rings. The minimum Gasteiger partial charge on any atom is -0.396 e. The first-order valence-electron chi connectivity index (χ1n) is 4.48. The summed E-state index contributed by atoms with van der Waals surface area (Å²) < 4.78 is 0. The van der Waals surface area contributed by atoms with Crippen LogP contribution in [0.3, 0.4) is 0 Å². The van der Waals surface area contributed by atoms with E-state index in [-0.39, 0.29) is 13.0 Å². The largest absolute Gasteiger partial charge is 0.396 e. The smallest absolute Gasteiger partial charge is 0.105 e. The van der Waals surface area contributed by atoms with Gasteiger partial charge in [-0.3, -0.25) is 0 Å². The maximum absolute atomic E-state index is 9.67. The predicted octanol–water partition coefficient (Wildman–Crippen LogP) is 1.77. The number of hydrogen-bond acceptors (Lipinski definition) is 3. The van der Waals surface area contributed by atoms with E-state index in [9.17, 15) is 10.2 Å². The molecule has 3 N–H and O–H groups in total. The molecule has 0 saturated heterocycles. The molecule has 1 aromatic rings. The standard InChI is InChI=1S/C10H12Cl2O3/c11-7-2-1-6(5-8(7)12)10(15)9(14)3-4-13/h1-2,5,9-10,13-15H,3-4H2. The SMILES string of the molecule is OCCC(O)C(O)c1ccc(Cl)c(Cl)c1. The molecule has 2 unspecified atom stereocenters. The molecular weight excluding hydrogens is 239 g/mol. The van der Waals surface area contributed by atoms with E-state index in [0.29, 0.717) is 15.6 Å². The second-order valence-corrected chi connectivity index (χ2v) is 4.01. The Morgan fingerprint density at radius 3 is 2.33 bits per heavy atom. The predicted molar refractivity (Wildman–Crippen MR) is 59.1 cm³/mol. The quantitative estimate of drug-likeness (QED) is 0.764. The Kier molecular flexibility index (Phi) is 4.83. The second kappa shape index (κ2) is 5.68. The average Bonchev–Trinajstić information content (AvgIpc) is 2.21. The van der Waals surface area contributed by atoms with E-state index in [1.165, 1.54) is 6.07 Å². The summed E-state index contributed by atoms with van der Waals surface area (Å²) in [5, 5.41) is 28.4. The van der Waals surface area contributed by atoms with Crippen molar-refractivity contribution in [2.24, 2.45) is 0 Å². The van der Waals surface area contributed by atoms with Gasteiger partial charge in [0.25, 0.3) is 0 Å². The van der Waals surface area contributed by atoms with Gasteiger partial charge in [0.05, 0.1) is 16.1 Å². The van der Waals surface area contributed by atoms with Gasteiger partial charge in [-0.2, -0.15) is 0 Å². The van der Waals surface area contributed by atoms with E-state index >= 15 is 0 Å². The lowest BCUT2D eigenvalue weighted by Gasteiger charge is -2.17. The summed E-state index contributed by atoms with van der Waals surface area (Å²) in [5.41, 5.74) is 0.477. The van der Waals surface area contributed by atoms with Gasteiger partial charge in [0.2, 0.25) is 0 Å². The molecule has 84 valence electrons. The van der Waals surface area contributed by atoms with Crippen LogP contribution in [0.15, 0.2) is 18.2 Å². The molecule has 2 atom stereocenters. The number of benzene rings is 1. The van der Waals surface area contributed by atoms with Crippen molar-refractivity contribution < 1.29 is 15.3 Å². The molecule has 0 bridgehead atoms. The fourth-order valence-corrected chi connectivity index (χ4v) is 1.52. The summed E-state index contributed by atoms with van der Waals surface area (Å²) in [6.07, 6.45) is -1.96. The third-order valence-electron chi connectivity index (χ3n) is 2.07. The van der Waals surface area contributed by atoms with Crippen molar-refractivity contribution in [3.05, 3.63) is 33.8 Å². The molecular formula is C10H12Cl2O3. The van der Waals surface area contributed by atoms with Crippen molar-refractivity contribution in [2.75, 3.05) is 6.61 Å². The van der Waals surface area contributed by atoms with Crippen LogP contribution in [-0.2, 0) is 0 Å². The zero-order chi connectivity index (χ0) is 11.4. The molecule has 15 heavy (non-hydrogen) atoms. The first-order chi connectivity index (χ1) is 7.06. The summed E-state index contributed by atoms with van der Waals surface area (Å²) in [4.78, 5) is 0. The summed E-state index contributed by atoms with van der Waals surface area (Å²) in [6, 6.07) is 4.63. The van der Waals surface area contributed by atoms with Crippen LogP contribution in [0.2, 0.25) is 10.0 Å². The van der Waals surface area contributed by atoms with Gasteiger partial charge in [-0.25, -0.2) is 0 Å². The lowest BCUT2D eigenvalue weighted by Crippen LogP contribution is -2.19. The van der Waals surface area contributed by atoms with Crippen LogP contribution in [0.25, 0.3) is 0 Å². The molecule has 0 fully saturated rings. The summed E-state index contributed by atoms with van der Waals surface area (Å²) >= 11 is 11.5. The van der Waals surface area contributed by atoms with Crippen molar-refractivity contribution in [3.63, 3.8) is 0 Å². The molecule has 0 saturated carbocycles. The highest BCUT2D eigenvalue weighted by Crippen LogP contribution is 2.27. The van der Waals surface area contributed by atoms with Crippen molar-refractivity contribution >= 4 is 23.2 Å². The third-order valence-corrected chi connectivity index (χ3v) is 2.81. The molecule has 0 radical (unpaired) electrons. The van der Waals surface area contributed by atoms with Gasteiger partial charge in [-0.1, -0.05) is 29.3 Å². The zero-order valence-corrected chi connectivity index (χ0v) is 9.41. The molecule has 0 aromatic heterocycles. The van der Waals surface area contributed by atoms with Crippen LogP contribution < -0.4 is 0 Å². The van der Waals surface area contributed by atoms with E-state index in [1.807, 2.05) is 0 Å². The fourth-order valence-electron chi connectivity index (χ4n) is 1.21. The molecule has 0 aliphatic heterocycles. The van der Waals surface area contributed by atoms with Crippen molar-refractivity contribution in [1.29, 1.82) is 0 Å². The number of aliphatic hydroxyl groups is 3. The van der Waals surface area contributed by atoms with Crippen molar-refractivity contribution in [1.82, 2.24) is 0 Å². The van der Waals surface area contributed by atoms with Gasteiger partial charge in [-0.05, 0) is 24.1 Å². The van der Waals surface area contributed by atoms with E-state index in [2.05, 4.69) is 0 Å². The van der Waals surface area contributed by atoms with Gasteiger partial charge in [0, 0.05) is 6.61 Å². The summed E-state index contributed by atoms with van der Waals surface area (Å²) in [7, 11) is 0. The second-order valence-electron chi connectivity index (χ2n) is 3.20. The number of halogens is 2. The minimum atomic E-state index is -1.06. The van der Waals surface area contributed by atoms with Crippen molar-refractivity contribution in [3.8, 4) is 0 Å². The number of aliphatic hydroxyl groups excluding tert-OH is 3.